The molecule has 0 fully saturated rings. The molecule has 208 valence electrons. The summed E-state index contributed by atoms with van der Waals surface area (Å²) in [4.78, 5) is 17.5. The van der Waals surface area contributed by atoms with Crippen LogP contribution in [0.5, 0.6) is 0 Å². The van der Waals surface area contributed by atoms with Crippen molar-refractivity contribution >= 4 is 27.7 Å². The van der Waals surface area contributed by atoms with Crippen molar-refractivity contribution in [2.45, 2.75) is 41.4 Å². The highest BCUT2D eigenvalue weighted by Crippen LogP contribution is 2.32. The highest BCUT2D eigenvalue weighted by molar-refractivity contribution is 8.00. The first-order valence-electron chi connectivity index (χ1n) is 13.0. The van der Waals surface area contributed by atoms with Crippen LogP contribution < -0.4 is 10.0 Å². The molecule has 4 aromatic rings. The fourth-order valence-electron chi connectivity index (χ4n) is 4.11. The van der Waals surface area contributed by atoms with Gasteiger partial charge in [-0.15, -0.1) is 11.8 Å². The molecular weight excluding hydrogens is 542 g/mol. The van der Waals surface area contributed by atoms with Crippen molar-refractivity contribution in [2.24, 2.45) is 0 Å². The minimum Gasteiger partial charge on any atom is -0.387 e. The summed E-state index contributed by atoms with van der Waals surface area (Å²) in [5.74, 6) is -0.682. The van der Waals surface area contributed by atoms with Crippen molar-refractivity contribution in [3.63, 3.8) is 0 Å². The van der Waals surface area contributed by atoms with Crippen LogP contribution in [-0.2, 0) is 16.4 Å². The number of nitrogens with one attached hydrogen (secondary N) is 2. The Morgan fingerprint density at radius 3 is 2.35 bits per heavy atom. The van der Waals surface area contributed by atoms with E-state index in [1.165, 1.54) is 41.9 Å². The molecule has 0 saturated carbocycles. The van der Waals surface area contributed by atoms with E-state index in [9.17, 15) is 18.3 Å². The third-order valence-corrected chi connectivity index (χ3v) is 8.54. The summed E-state index contributed by atoms with van der Waals surface area (Å²) in [6.07, 6.45) is 2.96. The quantitative estimate of drug-likeness (QED) is 0.157. The molecule has 1 heterocycles. The molecule has 0 radical (unpaired) electrons. The number of nitrogens with zero attached hydrogens (tertiary/aromatic N) is 1. The van der Waals surface area contributed by atoms with E-state index in [-0.39, 0.29) is 10.1 Å². The number of hydrogen-bond donors (Lipinski definition) is 3. The Bertz CT molecular complexity index is 1510. The van der Waals surface area contributed by atoms with Crippen LogP contribution in [0.25, 0.3) is 11.1 Å². The second-order valence-electron chi connectivity index (χ2n) is 9.58. The molecule has 0 aliphatic rings. The average molecular weight is 576 g/mol. The van der Waals surface area contributed by atoms with Crippen molar-refractivity contribution in [3.05, 3.63) is 114 Å². The number of benzene rings is 3. The van der Waals surface area contributed by atoms with Gasteiger partial charge in [0.05, 0.1) is 11.7 Å². The van der Waals surface area contributed by atoms with Gasteiger partial charge in [-0.25, -0.2) is 13.1 Å². The number of amides is 1. The van der Waals surface area contributed by atoms with Gasteiger partial charge < -0.3 is 10.4 Å². The number of sulfonamides is 1. The van der Waals surface area contributed by atoms with Gasteiger partial charge in [0.15, 0.2) is 0 Å². The fraction of sp³-hybridized carbons (Fsp3) is 0.226. The standard InChI is InChI=1S/C31H33N3O4S2/c1-22(2)39-30-19-26(14-15-28(30)31(36)34-40(37,38)27-9-6-17-32-20-27)24-12-10-23(11-13-24)16-18-33-21-29(35)25-7-4-3-5-8-25/h3-15,17,19-20,22,29,33,35H,16,18,21H2,1-2H3,(H,34,36)/t29-/m0/s1. The van der Waals surface area contributed by atoms with Gasteiger partial charge in [-0.3, -0.25) is 9.78 Å². The molecule has 4 rings (SSSR count). The molecule has 0 aliphatic carbocycles. The molecule has 0 bridgehead atoms. The molecule has 3 aromatic carbocycles. The zero-order valence-corrected chi connectivity index (χ0v) is 24.1. The van der Waals surface area contributed by atoms with E-state index < -0.39 is 22.0 Å². The van der Waals surface area contributed by atoms with Gasteiger partial charge in [-0.1, -0.05) is 74.5 Å². The van der Waals surface area contributed by atoms with Crippen molar-refractivity contribution < 1.29 is 18.3 Å². The third kappa shape index (κ3) is 8.02. The Balaban J connectivity index is 1.41. The predicted octanol–water partition coefficient (Wildman–Crippen LogP) is 5.23. The number of rotatable bonds is 12. The first-order chi connectivity index (χ1) is 19.2. The SMILES string of the molecule is CC(C)Sc1cc(-c2ccc(CCNC[C@H](O)c3ccccc3)cc2)ccc1C(=O)NS(=O)(=O)c1cccnc1. The summed E-state index contributed by atoms with van der Waals surface area (Å²) < 4.78 is 27.5. The molecule has 40 heavy (non-hydrogen) atoms. The number of aromatic nitrogens is 1. The van der Waals surface area contributed by atoms with E-state index in [4.69, 9.17) is 0 Å². The molecule has 3 N–H and O–H groups in total. The van der Waals surface area contributed by atoms with E-state index in [2.05, 4.69) is 27.2 Å². The Kier molecular flexibility index (Phi) is 10.1. The number of carbonyl (C=O) groups is 1. The summed E-state index contributed by atoms with van der Waals surface area (Å²) in [6.45, 7) is 5.27. The molecule has 1 atom stereocenters. The van der Waals surface area contributed by atoms with Crippen LogP contribution in [0.15, 0.2) is 107 Å². The molecule has 1 aromatic heterocycles. The first-order valence-corrected chi connectivity index (χ1v) is 15.4. The number of hydrogen-bond acceptors (Lipinski definition) is 7. The summed E-state index contributed by atoms with van der Waals surface area (Å²) in [5, 5.41) is 13.8. The lowest BCUT2D eigenvalue weighted by Gasteiger charge is -2.14. The maximum absolute atomic E-state index is 13.0. The van der Waals surface area contributed by atoms with E-state index in [0.29, 0.717) is 17.0 Å². The van der Waals surface area contributed by atoms with E-state index >= 15 is 0 Å². The van der Waals surface area contributed by atoms with Crippen LogP contribution in [0.4, 0.5) is 0 Å². The van der Waals surface area contributed by atoms with Crippen LogP contribution >= 0.6 is 11.8 Å². The third-order valence-electron chi connectivity index (χ3n) is 6.16. The summed E-state index contributed by atoms with van der Waals surface area (Å²) in [7, 11) is -4.04. The number of aliphatic hydroxyl groups is 1. The van der Waals surface area contributed by atoms with Crippen LogP contribution in [0.2, 0.25) is 0 Å². The van der Waals surface area contributed by atoms with Crippen LogP contribution in [0.1, 0.15) is 41.4 Å². The molecule has 0 saturated heterocycles. The van der Waals surface area contributed by atoms with Crippen molar-refractivity contribution in [1.29, 1.82) is 0 Å². The highest BCUT2D eigenvalue weighted by atomic mass is 32.2. The Morgan fingerprint density at radius 2 is 1.68 bits per heavy atom. The van der Waals surface area contributed by atoms with Gasteiger partial charge in [0, 0.05) is 29.1 Å². The Labute approximate surface area is 240 Å². The second-order valence-corrected chi connectivity index (χ2v) is 12.9. The van der Waals surface area contributed by atoms with Crippen molar-refractivity contribution in [2.75, 3.05) is 13.1 Å². The molecule has 7 nitrogen and oxygen atoms in total. The number of aliphatic hydroxyl groups excluding tert-OH is 1. The van der Waals surface area contributed by atoms with Crippen LogP contribution in [0, 0.1) is 0 Å². The van der Waals surface area contributed by atoms with Gasteiger partial charge in [0.2, 0.25) is 0 Å². The highest BCUT2D eigenvalue weighted by Gasteiger charge is 2.22. The maximum Gasteiger partial charge on any atom is 0.266 e. The maximum atomic E-state index is 13.0. The largest absolute Gasteiger partial charge is 0.387 e. The second kappa shape index (κ2) is 13.7. The smallest absolute Gasteiger partial charge is 0.266 e. The molecule has 0 unspecified atom stereocenters. The molecule has 9 heteroatoms. The Morgan fingerprint density at radius 1 is 0.950 bits per heavy atom. The van der Waals surface area contributed by atoms with E-state index in [1.807, 2.05) is 68.4 Å². The van der Waals surface area contributed by atoms with Gasteiger partial charge in [-0.05, 0) is 59.5 Å². The van der Waals surface area contributed by atoms with Crippen molar-refractivity contribution in [1.82, 2.24) is 15.0 Å². The van der Waals surface area contributed by atoms with Gasteiger partial charge >= 0.3 is 0 Å². The lowest BCUT2D eigenvalue weighted by Crippen LogP contribution is -2.31. The summed E-state index contributed by atoms with van der Waals surface area (Å²) in [6, 6.07) is 26.2. The lowest BCUT2D eigenvalue weighted by molar-refractivity contribution is 0.0978. The molecule has 0 aliphatic heterocycles. The van der Waals surface area contributed by atoms with Gasteiger partial charge in [0.25, 0.3) is 15.9 Å². The van der Waals surface area contributed by atoms with Crippen LogP contribution in [0.3, 0.4) is 0 Å². The monoisotopic (exact) mass is 575 g/mol. The van der Waals surface area contributed by atoms with Crippen molar-refractivity contribution in [3.8, 4) is 11.1 Å². The molecule has 0 spiro atoms. The predicted molar refractivity (Wildman–Crippen MR) is 160 cm³/mol. The molecule has 1 amide bonds. The number of carbonyl (C=O) groups excluding carboxylic acids is 1. The fourth-order valence-corrected chi connectivity index (χ4v) is 6.03. The number of thioether (sulfide) groups is 1. The summed E-state index contributed by atoms with van der Waals surface area (Å²) in [5.41, 5.74) is 4.30. The number of pyridine rings is 1. The average Bonchev–Trinajstić information content (AvgIpc) is 2.96. The van der Waals surface area contributed by atoms with E-state index in [0.717, 1.165) is 29.7 Å². The normalized spacial score (nSPS) is 12.3. The first kappa shape index (κ1) is 29.5. The summed E-state index contributed by atoms with van der Waals surface area (Å²) >= 11 is 1.50. The zero-order valence-electron chi connectivity index (χ0n) is 22.4. The van der Waals surface area contributed by atoms with E-state index in [1.54, 1.807) is 6.07 Å². The lowest BCUT2D eigenvalue weighted by atomic mass is 10.0. The van der Waals surface area contributed by atoms with Gasteiger partial charge in [0.1, 0.15) is 4.90 Å². The molecular formula is C31H33N3O4S2. The topological polar surface area (TPSA) is 108 Å². The minimum atomic E-state index is -4.04. The zero-order chi connectivity index (χ0) is 28.5. The van der Waals surface area contributed by atoms with Gasteiger partial charge in [-0.2, -0.15) is 0 Å². The van der Waals surface area contributed by atoms with Crippen LogP contribution in [-0.4, -0.2) is 42.8 Å². The minimum absolute atomic E-state index is 0.0688. The Hall–Kier alpha value is -3.50.